The van der Waals surface area contributed by atoms with Crippen LogP contribution in [0.2, 0.25) is 10.0 Å². The van der Waals surface area contributed by atoms with Crippen LogP contribution in [0.3, 0.4) is 0 Å². The maximum absolute atomic E-state index is 9.41. The Bertz CT molecular complexity index is 709. The number of likely N-dealkylation sites (N-methyl/N-ethyl adjacent to an activating group) is 1. The molecular formula is C16H16Cl2NO2S+. The van der Waals surface area contributed by atoms with Crippen molar-refractivity contribution in [3.63, 3.8) is 0 Å². The van der Waals surface area contributed by atoms with Crippen LogP contribution in [0, 0.1) is 0 Å². The van der Waals surface area contributed by atoms with Gasteiger partial charge in [0.15, 0.2) is 0 Å². The second-order valence-electron chi connectivity index (χ2n) is 5.54. The van der Waals surface area contributed by atoms with Crippen LogP contribution in [-0.2, 0) is 18.0 Å². The fraction of sp³-hybridized carbons (Fsp3) is 0.250. The maximum atomic E-state index is 9.41. The second-order valence-corrected chi connectivity index (χ2v) is 7.38. The Balaban J connectivity index is 2.11. The Hall–Kier alpha value is -0.750. The third-order valence-electron chi connectivity index (χ3n) is 3.96. The molecule has 1 atom stereocenters. The van der Waals surface area contributed by atoms with E-state index in [0.29, 0.717) is 14.9 Å². The molecule has 0 saturated carbocycles. The molecule has 2 N–H and O–H groups in total. The zero-order chi connectivity index (χ0) is 15.9. The van der Waals surface area contributed by atoms with Gasteiger partial charge in [-0.25, -0.2) is 0 Å². The molecule has 1 aliphatic rings. The van der Waals surface area contributed by atoms with Gasteiger partial charge in [-0.3, -0.25) is 0 Å². The summed E-state index contributed by atoms with van der Waals surface area (Å²) in [6, 6.07) is 11.1. The van der Waals surface area contributed by atoms with E-state index in [1.54, 1.807) is 12.1 Å². The van der Waals surface area contributed by atoms with Gasteiger partial charge in [0, 0.05) is 41.2 Å². The van der Waals surface area contributed by atoms with Crippen LogP contribution in [0.1, 0.15) is 22.6 Å². The molecular weight excluding hydrogens is 341 g/mol. The minimum Gasteiger partial charge on any atom is -0.301 e. The van der Waals surface area contributed by atoms with Crippen LogP contribution in [-0.4, -0.2) is 27.6 Å². The van der Waals surface area contributed by atoms with Gasteiger partial charge in [0.25, 0.3) is 0 Å². The van der Waals surface area contributed by atoms with Crippen LogP contribution in [0.15, 0.2) is 41.3 Å². The molecule has 1 aliphatic heterocycles. The predicted molar refractivity (Wildman–Crippen MR) is 92.0 cm³/mol. The average Bonchev–Trinajstić information content (AvgIpc) is 2.47. The lowest BCUT2D eigenvalue weighted by molar-refractivity contribution is 0.295. The van der Waals surface area contributed by atoms with E-state index in [1.807, 2.05) is 31.3 Å². The summed E-state index contributed by atoms with van der Waals surface area (Å²) in [6.45, 7) is 1.61. The number of fused-ring (bicyclic) bond motifs is 1. The lowest BCUT2D eigenvalue weighted by Gasteiger charge is -2.33. The summed E-state index contributed by atoms with van der Waals surface area (Å²) < 4.78 is 18.8. The molecule has 0 amide bonds. The third-order valence-corrected chi connectivity index (χ3v) is 5.19. The minimum atomic E-state index is -1.73. The van der Waals surface area contributed by atoms with Gasteiger partial charge in [0.05, 0.1) is 0 Å². The smallest absolute Gasteiger partial charge is 0.301 e. The Kier molecular flexibility index (Phi) is 4.69. The van der Waals surface area contributed by atoms with Crippen molar-refractivity contribution in [1.29, 1.82) is 0 Å². The Labute approximate surface area is 142 Å². The third kappa shape index (κ3) is 3.13. The number of halogens is 2. The van der Waals surface area contributed by atoms with E-state index >= 15 is 0 Å². The number of hydrogen-bond donors (Lipinski definition) is 2. The number of nitrogens with zero attached hydrogens (tertiary/aromatic N) is 1. The fourth-order valence-electron chi connectivity index (χ4n) is 2.98. The second kappa shape index (κ2) is 6.40. The molecule has 0 saturated heterocycles. The van der Waals surface area contributed by atoms with Crippen molar-refractivity contribution < 1.29 is 9.11 Å². The Morgan fingerprint density at radius 2 is 1.95 bits per heavy atom. The van der Waals surface area contributed by atoms with Crippen molar-refractivity contribution in [2.75, 3.05) is 13.6 Å². The average molecular weight is 357 g/mol. The van der Waals surface area contributed by atoms with Crippen LogP contribution in [0.5, 0.6) is 0 Å². The van der Waals surface area contributed by atoms with E-state index in [0.717, 1.165) is 29.8 Å². The van der Waals surface area contributed by atoms with Crippen molar-refractivity contribution >= 4 is 34.7 Å². The first-order valence-corrected chi connectivity index (χ1v) is 8.74. The first-order chi connectivity index (χ1) is 10.5. The standard InChI is InChI=1S/C16H16Cl2NO2S/c1-19-8-14(10-3-2-4-12(5-10)22(20)21)13-6-11(17)7-16(18)15(13)9-19/h2-7,14,20-21H,8-9H2,1H3/q+1/t14-/m0/s1. The summed E-state index contributed by atoms with van der Waals surface area (Å²) in [5.74, 6) is 0.105. The van der Waals surface area contributed by atoms with Gasteiger partial charge < -0.3 is 4.90 Å². The predicted octanol–water partition coefficient (Wildman–Crippen LogP) is 4.49. The normalized spacial score (nSPS) is 18.5. The molecule has 1 heterocycles. The summed E-state index contributed by atoms with van der Waals surface area (Å²) in [5, 5.41) is 1.30. The monoisotopic (exact) mass is 356 g/mol. The molecule has 116 valence electrons. The van der Waals surface area contributed by atoms with E-state index in [-0.39, 0.29) is 5.92 Å². The van der Waals surface area contributed by atoms with E-state index in [4.69, 9.17) is 23.2 Å². The van der Waals surface area contributed by atoms with Crippen molar-refractivity contribution in [2.45, 2.75) is 17.4 Å². The summed E-state index contributed by atoms with van der Waals surface area (Å²) in [7, 11) is 2.05. The highest BCUT2D eigenvalue weighted by Gasteiger charge is 2.28. The van der Waals surface area contributed by atoms with Crippen LogP contribution in [0.25, 0.3) is 0 Å². The molecule has 2 aromatic carbocycles. The number of benzene rings is 2. The summed E-state index contributed by atoms with van der Waals surface area (Å²) in [6.07, 6.45) is 0. The minimum absolute atomic E-state index is 0.105. The van der Waals surface area contributed by atoms with E-state index in [2.05, 4.69) is 4.90 Å². The first kappa shape index (κ1) is 16.1. The van der Waals surface area contributed by atoms with Crippen molar-refractivity contribution in [3.8, 4) is 0 Å². The summed E-state index contributed by atoms with van der Waals surface area (Å²) in [4.78, 5) is 2.72. The summed E-state index contributed by atoms with van der Waals surface area (Å²) >= 11 is 10.8. The van der Waals surface area contributed by atoms with E-state index in [9.17, 15) is 9.11 Å². The molecule has 3 nitrogen and oxygen atoms in total. The first-order valence-electron chi connectivity index (χ1n) is 6.84. The maximum Gasteiger partial charge on any atom is 0.351 e. The molecule has 0 bridgehead atoms. The lowest BCUT2D eigenvalue weighted by atomic mass is 9.85. The van der Waals surface area contributed by atoms with Crippen molar-refractivity contribution in [3.05, 3.63) is 63.1 Å². The van der Waals surface area contributed by atoms with Crippen molar-refractivity contribution in [1.82, 2.24) is 4.90 Å². The van der Waals surface area contributed by atoms with E-state index < -0.39 is 11.5 Å². The zero-order valence-electron chi connectivity index (χ0n) is 12.0. The molecule has 0 aromatic heterocycles. The van der Waals surface area contributed by atoms with Gasteiger partial charge in [-0.2, -0.15) is 9.11 Å². The van der Waals surface area contributed by atoms with Crippen LogP contribution in [0.4, 0.5) is 0 Å². The Morgan fingerprint density at radius 3 is 2.68 bits per heavy atom. The van der Waals surface area contributed by atoms with Gasteiger partial charge in [-0.15, -0.1) is 0 Å². The quantitative estimate of drug-likeness (QED) is 0.778. The highest BCUT2D eigenvalue weighted by molar-refractivity contribution is 7.86. The van der Waals surface area contributed by atoms with Gasteiger partial charge >= 0.3 is 11.5 Å². The van der Waals surface area contributed by atoms with Crippen LogP contribution >= 0.6 is 23.2 Å². The van der Waals surface area contributed by atoms with Gasteiger partial charge in [0.1, 0.15) is 0 Å². The molecule has 0 fully saturated rings. The lowest BCUT2D eigenvalue weighted by Crippen LogP contribution is -2.31. The molecule has 0 spiro atoms. The number of rotatable bonds is 2. The SMILES string of the molecule is CN1Cc2c(Cl)cc(Cl)cc2[C@H](c2cccc([S+](O)O)c2)C1. The number of hydrogen-bond acceptors (Lipinski definition) is 3. The highest BCUT2D eigenvalue weighted by atomic mass is 35.5. The molecule has 0 unspecified atom stereocenters. The largest absolute Gasteiger partial charge is 0.351 e. The topological polar surface area (TPSA) is 43.7 Å². The van der Waals surface area contributed by atoms with Gasteiger partial charge in [0.2, 0.25) is 4.90 Å². The van der Waals surface area contributed by atoms with Gasteiger partial charge in [-0.05, 0) is 35.9 Å². The molecule has 2 aromatic rings. The molecule has 0 aliphatic carbocycles. The molecule has 0 radical (unpaired) electrons. The molecule has 22 heavy (non-hydrogen) atoms. The molecule has 6 heteroatoms. The highest BCUT2D eigenvalue weighted by Crippen LogP contribution is 2.38. The summed E-state index contributed by atoms with van der Waals surface area (Å²) in [5.41, 5.74) is 3.23. The van der Waals surface area contributed by atoms with Crippen molar-refractivity contribution in [2.24, 2.45) is 0 Å². The molecule has 3 rings (SSSR count). The van der Waals surface area contributed by atoms with E-state index in [1.165, 1.54) is 0 Å². The van der Waals surface area contributed by atoms with Crippen LogP contribution < -0.4 is 0 Å². The Morgan fingerprint density at radius 1 is 1.18 bits per heavy atom. The zero-order valence-corrected chi connectivity index (χ0v) is 14.3. The fourth-order valence-corrected chi connectivity index (χ4v) is 3.99. The van der Waals surface area contributed by atoms with Gasteiger partial charge in [-0.1, -0.05) is 35.3 Å².